The van der Waals surface area contributed by atoms with Crippen LogP contribution in [0.4, 0.5) is 13.2 Å². The zero-order chi connectivity index (χ0) is 28.9. The normalized spacial score (nSPS) is 19.2. The van der Waals surface area contributed by atoms with Crippen molar-refractivity contribution in [1.82, 2.24) is 19.6 Å². The van der Waals surface area contributed by atoms with Gasteiger partial charge in [0.15, 0.2) is 5.17 Å². The highest BCUT2D eigenvalue weighted by atomic mass is 35.5. The third-order valence-corrected chi connectivity index (χ3v) is 8.54. The summed E-state index contributed by atoms with van der Waals surface area (Å²) in [6.07, 6.45) is 3.03. The number of aliphatic imine (C=N–C) groups is 1. The van der Waals surface area contributed by atoms with Gasteiger partial charge in [-0.05, 0) is 67.8 Å². The molecule has 4 rings (SSSR count). The fraction of sp³-hybridized carbons (Fsp3) is 0.464. The van der Waals surface area contributed by atoms with Crippen molar-refractivity contribution in [1.29, 1.82) is 0 Å². The van der Waals surface area contributed by atoms with Crippen LogP contribution in [0.5, 0.6) is 0 Å². The molecule has 216 valence electrons. The van der Waals surface area contributed by atoms with Crippen molar-refractivity contribution >= 4 is 51.4 Å². The van der Waals surface area contributed by atoms with Gasteiger partial charge in [-0.2, -0.15) is 23.3 Å². The molecule has 3 heterocycles. The summed E-state index contributed by atoms with van der Waals surface area (Å²) in [4.78, 5) is 22.0. The lowest BCUT2D eigenvalue weighted by Crippen LogP contribution is -2.45. The van der Waals surface area contributed by atoms with Crippen LogP contribution in [0.15, 0.2) is 57.1 Å². The molecule has 0 saturated carbocycles. The van der Waals surface area contributed by atoms with E-state index in [1.165, 1.54) is 17.8 Å². The number of thioether (sulfide) groups is 1. The number of likely N-dealkylation sites (tertiary alicyclic amines) is 1. The van der Waals surface area contributed by atoms with E-state index in [2.05, 4.69) is 19.9 Å². The molecule has 40 heavy (non-hydrogen) atoms. The number of amidine groups is 1. The summed E-state index contributed by atoms with van der Waals surface area (Å²) in [6.45, 7) is 5.25. The van der Waals surface area contributed by atoms with Gasteiger partial charge in [-0.15, -0.1) is 0 Å². The van der Waals surface area contributed by atoms with Crippen molar-refractivity contribution in [3.8, 4) is 0 Å². The molecule has 1 fully saturated rings. The molecule has 1 amide bonds. The van der Waals surface area contributed by atoms with E-state index in [0.717, 1.165) is 56.1 Å². The average Bonchev–Trinajstić information content (AvgIpc) is 3.51. The molecule has 2 aromatic rings. The summed E-state index contributed by atoms with van der Waals surface area (Å²) in [7, 11) is 3.70. The van der Waals surface area contributed by atoms with Gasteiger partial charge in [0, 0.05) is 62.4 Å². The Balaban J connectivity index is 1.40. The van der Waals surface area contributed by atoms with Gasteiger partial charge in [0.25, 0.3) is 5.91 Å². The lowest BCUT2D eigenvalue weighted by molar-refractivity contribution is -0.113. The maximum absolute atomic E-state index is 13.4. The molecule has 2 aliphatic heterocycles. The molecule has 12 heteroatoms. The van der Waals surface area contributed by atoms with Gasteiger partial charge in [-0.25, -0.2) is 0 Å². The third-order valence-electron chi connectivity index (χ3n) is 7.14. The Morgan fingerprint density at radius 2 is 2.02 bits per heavy atom. The molecule has 0 radical (unpaired) electrons. The first kappa shape index (κ1) is 30.4. The Bertz CT molecular complexity index is 1340. The molecule has 1 aromatic heterocycles. The monoisotopic (exact) mass is 595 g/mol. The number of piperidine rings is 1. The number of aromatic nitrogens is 2. The number of carbonyl (C=O) groups is 1. The summed E-state index contributed by atoms with van der Waals surface area (Å²) in [5.74, 6) is -0.272. The Morgan fingerprint density at radius 3 is 2.70 bits per heavy atom. The van der Waals surface area contributed by atoms with E-state index in [1.54, 1.807) is 37.1 Å². The molecule has 0 unspecified atom stereocenters. The van der Waals surface area contributed by atoms with Crippen LogP contribution < -0.4 is 0 Å². The number of alkyl halides is 3. The minimum absolute atomic E-state index is 0.0383. The Hall–Kier alpha value is -2.60. The molecule has 0 atom stereocenters. The topological polar surface area (TPSA) is 63.0 Å². The number of hydrogen-bond acceptors (Lipinski definition) is 6. The van der Waals surface area contributed by atoms with Crippen molar-refractivity contribution in [3.05, 3.63) is 57.6 Å². The van der Waals surface area contributed by atoms with E-state index < -0.39 is 11.7 Å². The van der Waals surface area contributed by atoms with Crippen molar-refractivity contribution in [2.75, 3.05) is 40.4 Å². The van der Waals surface area contributed by atoms with Gasteiger partial charge < -0.3 is 14.5 Å². The van der Waals surface area contributed by atoms with Gasteiger partial charge in [-0.3, -0.25) is 9.48 Å². The number of ether oxygens (including phenoxy) is 1. The first-order valence-corrected chi connectivity index (χ1v) is 14.3. The van der Waals surface area contributed by atoms with E-state index >= 15 is 0 Å². The van der Waals surface area contributed by atoms with Gasteiger partial charge in [0.2, 0.25) is 0 Å². The number of amides is 1. The molecular weight excluding hydrogens is 563 g/mol. The van der Waals surface area contributed by atoms with E-state index in [0.29, 0.717) is 21.6 Å². The number of allylic oxidation sites excluding steroid dienone is 4. The first-order chi connectivity index (χ1) is 19.1. The minimum atomic E-state index is -4.48. The molecule has 0 N–H and O–H groups in total. The highest BCUT2D eigenvalue weighted by molar-refractivity contribution is 8.18. The summed E-state index contributed by atoms with van der Waals surface area (Å²) < 4.78 is 47.0. The summed E-state index contributed by atoms with van der Waals surface area (Å²) in [5.41, 5.74) is 0.790. The predicted octanol–water partition coefficient (Wildman–Crippen LogP) is 6.07. The average molecular weight is 596 g/mol. The van der Waals surface area contributed by atoms with E-state index in [-0.39, 0.29) is 23.9 Å². The molecule has 0 spiro atoms. The van der Waals surface area contributed by atoms with Crippen molar-refractivity contribution in [3.63, 3.8) is 0 Å². The zero-order valence-electron chi connectivity index (χ0n) is 22.7. The Labute approximate surface area is 241 Å². The number of benzene rings is 1. The number of halogens is 4. The lowest BCUT2D eigenvalue weighted by Gasteiger charge is -2.37. The molecule has 0 aliphatic carbocycles. The standard InChI is InChI=1S/C28H33ClF3N5O2S/c1-4-22(29)17-21(28(30,31)32)7-12-37-24-6-5-19(15-20(24)18-33-37)16-25-26(38)34-27(40-25)35(2)23-8-10-36(11-9-23)13-14-39-3/h4-6,15-18,23H,7-14H2,1-3H3/b21-17+,22-4+,25-16-. The highest BCUT2D eigenvalue weighted by Crippen LogP contribution is 2.33. The van der Waals surface area contributed by atoms with Crippen molar-refractivity contribution in [2.45, 2.75) is 44.9 Å². The van der Waals surface area contributed by atoms with E-state index in [9.17, 15) is 18.0 Å². The zero-order valence-corrected chi connectivity index (χ0v) is 24.3. The number of nitrogens with zero attached hydrogens (tertiary/aromatic N) is 5. The first-order valence-electron chi connectivity index (χ1n) is 13.1. The molecular formula is C28H33ClF3N5O2S. The fourth-order valence-electron chi connectivity index (χ4n) is 4.75. The molecule has 1 aromatic carbocycles. The fourth-order valence-corrected chi connectivity index (χ4v) is 5.83. The Kier molecular flexibility index (Phi) is 10.2. The van der Waals surface area contributed by atoms with Crippen molar-refractivity contribution < 1.29 is 22.7 Å². The van der Waals surface area contributed by atoms with Crippen LogP contribution in [-0.4, -0.2) is 83.3 Å². The van der Waals surface area contributed by atoms with Crippen LogP contribution in [-0.2, 0) is 16.1 Å². The van der Waals surface area contributed by atoms with Crippen LogP contribution in [0.2, 0.25) is 0 Å². The molecule has 7 nitrogen and oxygen atoms in total. The number of hydrogen-bond donors (Lipinski definition) is 0. The quantitative estimate of drug-likeness (QED) is 0.259. The molecule has 2 aliphatic rings. The molecule has 0 bridgehead atoms. The maximum Gasteiger partial charge on any atom is 0.412 e. The Morgan fingerprint density at radius 1 is 1.27 bits per heavy atom. The second-order valence-electron chi connectivity index (χ2n) is 9.76. The summed E-state index contributed by atoms with van der Waals surface area (Å²) in [5, 5.41) is 5.80. The smallest absolute Gasteiger partial charge is 0.383 e. The number of fused-ring (bicyclic) bond motifs is 1. The maximum atomic E-state index is 13.4. The largest absolute Gasteiger partial charge is 0.412 e. The summed E-state index contributed by atoms with van der Waals surface area (Å²) >= 11 is 7.19. The van der Waals surface area contributed by atoms with Gasteiger partial charge in [0.05, 0.1) is 23.2 Å². The van der Waals surface area contributed by atoms with Crippen LogP contribution in [0.25, 0.3) is 17.0 Å². The number of carbonyl (C=O) groups excluding carboxylic acids is 1. The van der Waals surface area contributed by atoms with Crippen LogP contribution in [0, 0.1) is 0 Å². The van der Waals surface area contributed by atoms with Gasteiger partial charge in [-0.1, -0.05) is 23.7 Å². The number of methoxy groups -OCH3 is 1. The summed E-state index contributed by atoms with van der Waals surface area (Å²) in [6, 6.07) is 5.82. The van der Waals surface area contributed by atoms with Crippen molar-refractivity contribution in [2.24, 2.45) is 4.99 Å². The van der Waals surface area contributed by atoms with Gasteiger partial charge in [0.1, 0.15) is 0 Å². The predicted molar refractivity (Wildman–Crippen MR) is 155 cm³/mol. The van der Waals surface area contributed by atoms with Crippen LogP contribution >= 0.6 is 23.4 Å². The lowest BCUT2D eigenvalue weighted by atomic mass is 10.0. The van der Waals surface area contributed by atoms with Crippen LogP contribution in [0.1, 0.15) is 31.7 Å². The second kappa shape index (κ2) is 13.4. The van der Waals surface area contributed by atoms with Crippen LogP contribution in [0.3, 0.4) is 0 Å². The number of aryl methyl sites for hydroxylation is 1. The van der Waals surface area contributed by atoms with E-state index in [4.69, 9.17) is 16.3 Å². The van der Waals surface area contributed by atoms with E-state index in [1.807, 2.05) is 19.2 Å². The minimum Gasteiger partial charge on any atom is -0.383 e. The van der Waals surface area contributed by atoms with Gasteiger partial charge >= 0.3 is 6.18 Å². The molecule has 1 saturated heterocycles. The second-order valence-corrected chi connectivity index (χ2v) is 11.2. The number of rotatable bonds is 9. The SMILES string of the molecule is C/C=C(Cl)\C=C(/CCn1ncc2cc(/C=C3\SC(N(C)C4CCN(CCOC)CC4)=NC3=O)ccc21)C(F)(F)F. The highest BCUT2D eigenvalue weighted by Gasteiger charge is 2.33. The third kappa shape index (κ3) is 7.57.